The third-order valence-electron chi connectivity index (χ3n) is 1.54. The molecular formula is C10H6Cl3NO2. The normalized spacial score (nSPS) is 13.2. The average molecular weight is 279 g/mol. The van der Waals surface area contributed by atoms with Gasteiger partial charge in [-0.15, -0.1) is 0 Å². The summed E-state index contributed by atoms with van der Waals surface area (Å²) in [5.74, 6) is -0.657. The number of carbonyl (C=O) groups excluding carboxylic acids is 2. The molecule has 0 aromatic heterocycles. The van der Waals surface area contributed by atoms with Crippen LogP contribution in [0.3, 0.4) is 0 Å². The Morgan fingerprint density at radius 3 is 1.56 bits per heavy atom. The number of benzene rings is 1. The van der Waals surface area contributed by atoms with Crippen molar-refractivity contribution >= 4 is 46.6 Å². The lowest BCUT2D eigenvalue weighted by molar-refractivity contribution is -0.123. The van der Waals surface area contributed by atoms with Crippen molar-refractivity contribution in [2.45, 2.75) is 0 Å². The summed E-state index contributed by atoms with van der Waals surface area (Å²) in [6.07, 6.45) is 2.39. The first-order chi connectivity index (χ1) is 7.50. The smallest absolute Gasteiger partial charge is 0.250 e. The maximum Gasteiger partial charge on any atom is 0.250 e. The van der Waals surface area contributed by atoms with Crippen LogP contribution in [-0.4, -0.2) is 11.8 Å². The second-order valence-electron chi connectivity index (χ2n) is 2.72. The molecule has 0 bridgehead atoms. The van der Waals surface area contributed by atoms with Crippen LogP contribution in [0.5, 0.6) is 0 Å². The second kappa shape index (κ2) is 5.89. The van der Waals surface area contributed by atoms with E-state index in [1.165, 1.54) is 12.2 Å². The van der Waals surface area contributed by atoms with Crippen molar-refractivity contribution in [3.05, 3.63) is 45.4 Å². The minimum absolute atomic E-state index is 0.329. The first-order valence-corrected chi connectivity index (χ1v) is 5.26. The molecule has 1 aromatic carbocycles. The zero-order chi connectivity index (χ0) is 12.1. The van der Waals surface area contributed by atoms with Crippen molar-refractivity contribution in [1.82, 2.24) is 5.32 Å². The van der Waals surface area contributed by atoms with E-state index in [4.69, 9.17) is 34.8 Å². The first kappa shape index (κ1) is 13.0. The van der Waals surface area contributed by atoms with Crippen LogP contribution in [0.25, 0.3) is 0 Å². The maximum absolute atomic E-state index is 10.0. The molecule has 0 fully saturated rings. The van der Waals surface area contributed by atoms with E-state index in [0.29, 0.717) is 15.1 Å². The molecule has 16 heavy (non-hydrogen) atoms. The van der Waals surface area contributed by atoms with Crippen LogP contribution in [0.1, 0.15) is 0 Å². The molecule has 0 saturated heterocycles. The Balaban J connectivity index is 0.000000165. The van der Waals surface area contributed by atoms with Gasteiger partial charge in [-0.3, -0.25) is 14.9 Å². The van der Waals surface area contributed by atoms with Crippen molar-refractivity contribution in [2.24, 2.45) is 0 Å². The van der Waals surface area contributed by atoms with E-state index in [1.54, 1.807) is 18.2 Å². The van der Waals surface area contributed by atoms with Gasteiger partial charge in [-0.2, -0.15) is 0 Å². The highest BCUT2D eigenvalue weighted by atomic mass is 35.5. The van der Waals surface area contributed by atoms with Crippen LogP contribution < -0.4 is 5.32 Å². The topological polar surface area (TPSA) is 46.2 Å². The fourth-order valence-corrected chi connectivity index (χ4v) is 1.36. The fourth-order valence-electron chi connectivity index (χ4n) is 0.834. The van der Waals surface area contributed by atoms with Crippen molar-refractivity contribution in [3.8, 4) is 0 Å². The van der Waals surface area contributed by atoms with Gasteiger partial charge in [-0.25, -0.2) is 0 Å². The lowest BCUT2D eigenvalue weighted by atomic mass is 10.4. The highest BCUT2D eigenvalue weighted by Crippen LogP contribution is 2.28. The van der Waals surface area contributed by atoms with E-state index in [2.05, 4.69) is 0 Å². The molecule has 1 aliphatic rings. The van der Waals surface area contributed by atoms with Gasteiger partial charge in [0.25, 0.3) is 11.8 Å². The maximum atomic E-state index is 10.0. The molecule has 0 unspecified atom stereocenters. The Morgan fingerprint density at radius 1 is 0.875 bits per heavy atom. The summed E-state index contributed by atoms with van der Waals surface area (Å²) in [6.45, 7) is 0. The Labute approximate surface area is 107 Å². The number of hydrogen-bond donors (Lipinski definition) is 1. The van der Waals surface area contributed by atoms with Crippen molar-refractivity contribution in [2.75, 3.05) is 0 Å². The Bertz CT molecular complexity index is 421. The number of amides is 2. The molecule has 0 spiro atoms. The van der Waals surface area contributed by atoms with Crippen molar-refractivity contribution < 1.29 is 9.59 Å². The number of imide groups is 1. The third-order valence-corrected chi connectivity index (χ3v) is 2.77. The van der Waals surface area contributed by atoms with Gasteiger partial charge in [0.2, 0.25) is 0 Å². The van der Waals surface area contributed by atoms with Gasteiger partial charge in [0, 0.05) is 12.2 Å². The summed E-state index contributed by atoms with van der Waals surface area (Å²) >= 11 is 16.8. The number of hydrogen-bond acceptors (Lipinski definition) is 2. The summed E-state index contributed by atoms with van der Waals surface area (Å²) in [5.41, 5.74) is 0. The van der Waals surface area contributed by atoms with E-state index >= 15 is 0 Å². The van der Waals surface area contributed by atoms with E-state index in [-0.39, 0.29) is 11.8 Å². The van der Waals surface area contributed by atoms with E-state index in [1.807, 2.05) is 5.32 Å². The van der Waals surface area contributed by atoms with E-state index in [0.717, 1.165) is 0 Å². The molecule has 6 heteroatoms. The quantitative estimate of drug-likeness (QED) is 0.586. The number of rotatable bonds is 0. The summed E-state index contributed by atoms with van der Waals surface area (Å²) in [5, 5.41) is 3.43. The number of halogens is 3. The first-order valence-electron chi connectivity index (χ1n) is 4.13. The van der Waals surface area contributed by atoms with Gasteiger partial charge < -0.3 is 0 Å². The van der Waals surface area contributed by atoms with Crippen molar-refractivity contribution in [1.29, 1.82) is 0 Å². The molecule has 1 heterocycles. The van der Waals surface area contributed by atoms with E-state index < -0.39 is 0 Å². The molecule has 1 aromatic rings. The Kier molecular flexibility index (Phi) is 4.80. The van der Waals surface area contributed by atoms with Crippen molar-refractivity contribution in [3.63, 3.8) is 0 Å². The Morgan fingerprint density at radius 2 is 1.31 bits per heavy atom. The Hall–Kier alpha value is -1.03. The largest absolute Gasteiger partial charge is 0.289 e. The average Bonchev–Trinajstić information content (AvgIpc) is 2.60. The molecule has 0 saturated carbocycles. The molecular weight excluding hydrogens is 272 g/mol. The highest BCUT2D eigenvalue weighted by Gasteiger charge is 2.06. The predicted molar refractivity (Wildman–Crippen MR) is 63.8 cm³/mol. The van der Waals surface area contributed by atoms with Gasteiger partial charge in [-0.05, 0) is 12.1 Å². The molecule has 0 atom stereocenters. The monoisotopic (exact) mass is 277 g/mol. The van der Waals surface area contributed by atoms with Crippen LogP contribution in [0.2, 0.25) is 15.1 Å². The molecule has 1 aliphatic heterocycles. The molecule has 2 rings (SSSR count). The van der Waals surface area contributed by atoms with Gasteiger partial charge in [0.15, 0.2) is 0 Å². The zero-order valence-corrected chi connectivity index (χ0v) is 10.1. The van der Waals surface area contributed by atoms with E-state index in [9.17, 15) is 9.59 Å². The molecule has 0 radical (unpaired) electrons. The summed E-state index contributed by atoms with van der Waals surface area (Å²) in [7, 11) is 0. The summed E-state index contributed by atoms with van der Waals surface area (Å²) < 4.78 is 0. The van der Waals surface area contributed by atoms with Crippen LogP contribution in [0.4, 0.5) is 0 Å². The minimum atomic E-state index is -0.329. The molecule has 1 N–H and O–H groups in total. The minimum Gasteiger partial charge on any atom is -0.289 e. The van der Waals surface area contributed by atoms with Crippen LogP contribution in [0.15, 0.2) is 30.4 Å². The fraction of sp³-hybridized carbons (Fsp3) is 0. The number of carbonyl (C=O) groups is 2. The lowest BCUT2D eigenvalue weighted by Crippen LogP contribution is -2.19. The van der Waals surface area contributed by atoms with Gasteiger partial charge in [0.05, 0.1) is 15.1 Å². The molecule has 3 nitrogen and oxygen atoms in total. The van der Waals surface area contributed by atoms with Crippen LogP contribution in [0, 0.1) is 0 Å². The molecule has 0 aliphatic carbocycles. The van der Waals surface area contributed by atoms with Gasteiger partial charge >= 0.3 is 0 Å². The van der Waals surface area contributed by atoms with Crippen LogP contribution in [-0.2, 0) is 9.59 Å². The number of nitrogens with one attached hydrogen (secondary N) is 1. The summed E-state index contributed by atoms with van der Waals surface area (Å²) in [6, 6.07) is 5.13. The molecule has 2 amide bonds. The highest BCUT2D eigenvalue weighted by molar-refractivity contribution is 6.47. The van der Waals surface area contributed by atoms with Gasteiger partial charge in [0.1, 0.15) is 0 Å². The third kappa shape index (κ3) is 3.85. The standard InChI is InChI=1S/C6H3Cl3.C4H3NO2/c7-4-2-1-3-5(8)6(4)9;6-3-1-2-4(7)5-3/h1-3H;1-2H,(H,5,6,7). The summed E-state index contributed by atoms with van der Waals surface area (Å²) in [4.78, 5) is 20.1. The van der Waals surface area contributed by atoms with Gasteiger partial charge in [-0.1, -0.05) is 40.9 Å². The van der Waals surface area contributed by atoms with Crippen LogP contribution >= 0.6 is 34.8 Å². The predicted octanol–water partition coefficient (Wildman–Crippen LogP) is 2.85. The lowest BCUT2D eigenvalue weighted by Gasteiger charge is -1.94. The molecule has 84 valence electrons. The zero-order valence-electron chi connectivity index (χ0n) is 7.84. The second-order valence-corrected chi connectivity index (χ2v) is 3.91. The SMILES string of the molecule is Clc1cccc(Cl)c1Cl.O=C1C=CC(=O)N1.